The van der Waals surface area contributed by atoms with Gasteiger partial charge in [0.15, 0.2) is 0 Å². The molecule has 4 N–H and O–H groups in total. The van der Waals surface area contributed by atoms with Crippen molar-refractivity contribution in [2.45, 2.75) is 64.5 Å². The first-order valence-corrected chi connectivity index (χ1v) is 6.17. The second-order valence-corrected chi connectivity index (χ2v) is 4.56. The molecule has 1 unspecified atom stereocenters. The van der Waals surface area contributed by atoms with Crippen LogP contribution in [0.2, 0.25) is 0 Å². The van der Waals surface area contributed by atoms with Crippen molar-refractivity contribution in [1.29, 1.82) is 0 Å². The van der Waals surface area contributed by atoms with Gasteiger partial charge in [0, 0.05) is 12.5 Å². The molecule has 0 rings (SSSR count). The number of nitrogens with one attached hydrogen (secondary N) is 1. The van der Waals surface area contributed by atoms with Crippen molar-refractivity contribution in [3.05, 3.63) is 0 Å². The highest BCUT2D eigenvalue weighted by atomic mass is 16.3. The fraction of sp³-hybridized carbons (Fsp3) is 0.917. The molecular weight excluding hydrogens is 204 g/mol. The van der Waals surface area contributed by atoms with Crippen LogP contribution in [-0.4, -0.2) is 29.2 Å². The van der Waals surface area contributed by atoms with E-state index < -0.39 is 5.54 Å². The third kappa shape index (κ3) is 5.47. The summed E-state index contributed by atoms with van der Waals surface area (Å²) < 4.78 is 0. The minimum atomic E-state index is -0.439. The fourth-order valence-electron chi connectivity index (χ4n) is 1.63. The Hall–Kier alpha value is -0.610. The maximum atomic E-state index is 11.7. The summed E-state index contributed by atoms with van der Waals surface area (Å²) in [6, 6.07) is 0.146. The largest absolute Gasteiger partial charge is 0.394 e. The van der Waals surface area contributed by atoms with Crippen LogP contribution in [0.4, 0.5) is 0 Å². The Balaban J connectivity index is 4.01. The molecular formula is C12H26N2O2. The maximum absolute atomic E-state index is 11.7. The van der Waals surface area contributed by atoms with Crippen molar-refractivity contribution in [2.24, 2.45) is 5.73 Å². The lowest BCUT2D eigenvalue weighted by Gasteiger charge is -2.30. The summed E-state index contributed by atoms with van der Waals surface area (Å²) in [5, 5.41) is 12.2. The smallest absolute Gasteiger partial charge is 0.220 e. The Kier molecular flexibility index (Phi) is 7.34. The summed E-state index contributed by atoms with van der Waals surface area (Å²) in [5.74, 6) is 0.0124. The lowest BCUT2D eigenvalue weighted by atomic mass is 9.93. The molecule has 0 saturated heterocycles. The fourth-order valence-corrected chi connectivity index (χ4v) is 1.63. The highest BCUT2D eigenvalue weighted by Crippen LogP contribution is 2.14. The average Bonchev–Trinajstić information content (AvgIpc) is 2.25. The topological polar surface area (TPSA) is 75.3 Å². The van der Waals surface area contributed by atoms with Crippen molar-refractivity contribution in [2.75, 3.05) is 6.61 Å². The first-order valence-electron chi connectivity index (χ1n) is 6.17. The molecule has 0 saturated carbocycles. The van der Waals surface area contributed by atoms with Gasteiger partial charge >= 0.3 is 0 Å². The number of hydrogen-bond acceptors (Lipinski definition) is 3. The van der Waals surface area contributed by atoms with Gasteiger partial charge in [0.1, 0.15) is 0 Å². The molecule has 1 amide bonds. The average molecular weight is 230 g/mol. The lowest BCUT2D eigenvalue weighted by molar-refractivity contribution is -0.123. The van der Waals surface area contributed by atoms with E-state index in [9.17, 15) is 9.90 Å². The van der Waals surface area contributed by atoms with Gasteiger partial charge in [-0.15, -0.1) is 0 Å². The molecule has 1 atom stereocenters. The van der Waals surface area contributed by atoms with Gasteiger partial charge in [-0.05, 0) is 32.6 Å². The number of aliphatic hydroxyl groups excluding tert-OH is 1. The number of amides is 1. The van der Waals surface area contributed by atoms with Crippen LogP contribution in [0.15, 0.2) is 0 Å². The highest BCUT2D eigenvalue weighted by molar-refractivity contribution is 5.76. The molecule has 0 heterocycles. The van der Waals surface area contributed by atoms with Gasteiger partial charge in [0.25, 0.3) is 0 Å². The number of aliphatic hydroxyl groups is 1. The van der Waals surface area contributed by atoms with E-state index in [1.54, 1.807) is 0 Å². The second-order valence-electron chi connectivity index (χ2n) is 4.56. The molecule has 96 valence electrons. The molecule has 0 bridgehead atoms. The highest BCUT2D eigenvalue weighted by Gasteiger charge is 2.26. The van der Waals surface area contributed by atoms with E-state index in [0.29, 0.717) is 6.42 Å². The molecule has 0 spiro atoms. The van der Waals surface area contributed by atoms with E-state index in [1.807, 2.05) is 20.8 Å². The first kappa shape index (κ1) is 15.4. The Morgan fingerprint density at radius 1 is 1.44 bits per heavy atom. The van der Waals surface area contributed by atoms with Crippen LogP contribution in [-0.2, 0) is 4.79 Å². The summed E-state index contributed by atoms with van der Waals surface area (Å²) in [6.07, 6.45) is 3.65. The molecule has 0 aromatic heterocycles. The zero-order chi connectivity index (χ0) is 12.6. The maximum Gasteiger partial charge on any atom is 0.220 e. The van der Waals surface area contributed by atoms with Gasteiger partial charge in [0.2, 0.25) is 5.91 Å². The summed E-state index contributed by atoms with van der Waals surface area (Å²) in [6.45, 7) is 5.89. The first-order chi connectivity index (χ1) is 7.49. The van der Waals surface area contributed by atoms with Crippen molar-refractivity contribution in [3.8, 4) is 0 Å². The summed E-state index contributed by atoms with van der Waals surface area (Å²) in [7, 11) is 0. The van der Waals surface area contributed by atoms with Gasteiger partial charge in [-0.1, -0.05) is 13.8 Å². The van der Waals surface area contributed by atoms with Crippen molar-refractivity contribution in [3.63, 3.8) is 0 Å². The van der Waals surface area contributed by atoms with Crippen molar-refractivity contribution in [1.82, 2.24) is 5.32 Å². The number of nitrogens with two attached hydrogens (primary N) is 1. The van der Waals surface area contributed by atoms with Crippen LogP contribution in [0.1, 0.15) is 52.9 Å². The zero-order valence-electron chi connectivity index (χ0n) is 10.8. The standard InChI is InChI=1S/C12H26N2O2/c1-4-12(5-2,9-15)14-11(16)8-6-7-10(3)13/h10,15H,4-9,13H2,1-3H3,(H,14,16). The predicted molar refractivity (Wildman–Crippen MR) is 66.0 cm³/mol. The molecule has 0 aliphatic rings. The Morgan fingerprint density at radius 3 is 2.38 bits per heavy atom. The molecule has 0 aliphatic carbocycles. The zero-order valence-corrected chi connectivity index (χ0v) is 10.8. The van der Waals surface area contributed by atoms with Crippen LogP contribution in [0.25, 0.3) is 0 Å². The van der Waals surface area contributed by atoms with Gasteiger partial charge in [-0.2, -0.15) is 0 Å². The number of carbonyl (C=O) groups excluding carboxylic acids is 1. The van der Waals surface area contributed by atoms with Crippen LogP contribution < -0.4 is 11.1 Å². The number of carbonyl (C=O) groups is 1. The number of hydrogen-bond donors (Lipinski definition) is 3. The second kappa shape index (κ2) is 7.63. The Labute approximate surface area is 98.6 Å². The normalized spacial score (nSPS) is 13.6. The van der Waals surface area contributed by atoms with Gasteiger partial charge < -0.3 is 16.2 Å². The molecule has 0 aliphatic heterocycles. The van der Waals surface area contributed by atoms with Crippen LogP contribution in [0.5, 0.6) is 0 Å². The summed E-state index contributed by atoms with van der Waals surface area (Å²) in [4.78, 5) is 11.7. The minimum Gasteiger partial charge on any atom is -0.394 e. The quantitative estimate of drug-likeness (QED) is 0.586. The van der Waals surface area contributed by atoms with E-state index in [1.165, 1.54) is 0 Å². The van der Waals surface area contributed by atoms with E-state index in [0.717, 1.165) is 25.7 Å². The summed E-state index contributed by atoms with van der Waals surface area (Å²) in [5.41, 5.74) is 5.17. The van der Waals surface area contributed by atoms with Gasteiger partial charge in [0.05, 0.1) is 12.1 Å². The molecule has 0 aromatic rings. The van der Waals surface area contributed by atoms with Crippen LogP contribution >= 0.6 is 0 Å². The third-order valence-electron chi connectivity index (χ3n) is 3.12. The lowest BCUT2D eigenvalue weighted by Crippen LogP contribution is -2.50. The molecule has 4 nitrogen and oxygen atoms in total. The van der Waals surface area contributed by atoms with Crippen molar-refractivity contribution < 1.29 is 9.90 Å². The molecule has 0 fully saturated rings. The van der Waals surface area contributed by atoms with Gasteiger partial charge in [-0.3, -0.25) is 4.79 Å². The molecule has 0 aromatic carbocycles. The SMILES string of the molecule is CCC(CC)(CO)NC(=O)CCCC(C)N. The van der Waals surface area contributed by atoms with Crippen molar-refractivity contribution >= 4 is 5.91 Å². The van der Waals surface area contributed by atoms with Crippen LogP contribution in [0.3, 0.4) is 0 Å². The Bertz CT molecular complexity index is 193. The van der Waals surface area contributed by atoms with E-state index >= 15 is 0 Å². The van der Waals surface area contributed by atoms with Crippen LogP contribution in [0, 0.1) is 0 Å². The van der Waals surface area contributed by atoms with Gasteiger partial charge in [-0.25, -0.2) is 0 Å². The Morgan fingerprint density at radius 2 is 2.00 bits per heavy atom. The van der Waals surface area contributed by atoms with E-state index in [-0.39, 0.29) is 18.6 Å². The predicted octanol–water partition coefficient (Wildman–Crippen LogP) is 1.17. The molecule has 16 heavy (non-hydrogen) atoms. The summed E-state index contributed by atoms with van der Waals surface area (Å²) >= 11 is 0. The number of rotatable bonds is 8. The van der Waals surface area contributed by atoms with E-state index in [4.69, 9.17) is 5.73 Å². The third-order valence-corrected chi connectivity index (χ3v) is 3.12. The monoisotopic (exact) mass is 230 g/mol. The minimum absolute atomic E-state index is 0.000961. The molecule has 0 radical (unpaired) electrons. The molecule has 4 heteroatoms. The van der Waals surface area contributed by atoms with E-state index in [2.05, 4.69) is 5.32 Å².